The van der Waals surface area contributed by atoms with E-state index in [1.165, 1.54) is 16.5 Å². The lowest BCUT2D eigenvalue weighted by Gasteiger charge is -2.17. The third-order valence-corrected chi connectivity index (χ3v) is 4.82. The first-order valence-electron chi connectivity index (χ1n) is 5.82. The zero-order chi connectivity index (χ0) is 12.0. The fraction of sp³-hybridized carbons (Fsp3) is 0.429. The number of thioether (sulfide) groups is 1. The zero-order valence-electron chi connectivity index (χ0n) is 10.6. The molecule has 0 amide bonds. The van der Waals surface area contributed by atoms with Crippen LogP contribution >= 0.6 is 11.8 Å². The normalized spacial score (nSPS) is 11.4. The molecule has 0 heterocycles. The van der Waals surface area contributed by atoms with E-state index in [-0.39, 0.29) is 0 Å². The molecule has 0 atom stereocenters. The van der Waals surface area contributed by atoms with Crippen LogP contribution in [0.15, 0.2) is 47.4 Å². The van der Waals surface area contributed by atoms with Gasteiger partial charge in [-0.3, -0.25) is 0 Å². The Hall–Kier alpha value is -0.473. The quantitative estimate of drug-likeness (QED) is 0.386. The lowest BCUT2D eigenvalue weighted by Crippen LogP contribution is -2.19. The average molecular weight is 250 g/mol. The van der Waals surface area contributed by atoms with Crippen LogP contribution < -0.4 is 0 Å². The Morgan fingerprint density at radius 1 is 1.19 bits per heavy atom. The summed E-state index contributed by atoms with van der Waals surface area (Å²) in [5, 5.41) is 0. The fourth-order valence-electron chi connectivity index (χ4n) is 1.67. The van der Waals surface area contributed by atoms with Crippen LogP contribution in [0.1, 0.15) is 6.42 Å². The van der Waals surface area contributed by atoms with Gasteiger partial charge in [-0.1, -0.05) is 43.4 Å². The van der Waals surface area contributed by atoms with E-state index < -0.39 is 8.07 Å². The van der Waals surface area contributed by atoms with Crippen LogP contribution in [-0.4, -0.2) is 13.8 Å². The molecule has 88 valence electrons. The van der Waals surface area contributed by atoms with Gasteiger partial charge in [0.2, 0.25) is 0 Å². The van der Waals surface area contributed by atoms with Gasteiger partial charge >= 0.3 is 0 Å². The van der Waals surface area contributed by atoms with Crippen molar-refractivity contribution in [2.24, 2.45) is 0 Å². The minimum Gasteiger partial charge on any atom is -0.126 e. The first-order chi connectivity index (χ1) is 7.47. The van der Waals surface area contributed by atoms with Crippen molar-refractivity contribution >= 4 is 19.8 Å². The van der Waals surface area contributed by atoms with E-state index >= 15 is 0 Å². The van der Waals surface area contributed by atoms with Gasteiger partial charge in [-0.25, -0.2) is 0 Å². The van der Waals surface area contributed by atoms with Gasteiger partial charge < -0.3 is 0 Å². The van der Waals surface area contributed by atoms with Gasteiger partial charge in [0.15, 0.2) is 0 Å². The van der Waals surface area contributed by atoms with Gasteiger partial charge in [0.25, 0.3) is 0 Å². The van der Waals surface area contributed by atoms with Crippen LogP contribution in [0, 0.1) is 0 Å². The van der Waals surface area contributed by atoms with Crippen LogP contribution in [0.4, 0.5) is 0 Å². The average Bonchev–Trinajstić information content (AvgIpc) is 2.16. The molecule has 1 aromatic carbocycles. The van der Waals surface area contributed by atoms with Crippen LogP contribution in [0.5, 0.6) is 0 Å². The zero-order valence-corrected chi connectivity index (χ0v) is 12.4. The van der Waals surface area contributed by atoms with E-state index in [4.69, 9.17) is 0 Å². The van der Waals surface area contributed by atoms with Gasteiger partial charge in [-0.2, -0.15) is 0 Å². The number of allylic oxidation sites excluding steroid dienone is 1. The Labute approximate surface area is 105 Å². The summed E-state index contributed by atoms with van der Waals surface area (Å²) in [6.07, 6.45) is 1.16. The summed E-state index contributed by atoms with van der Waals surface area (Å²) in [4.78, 5) is 1.36. The van der Waals surface area contributed by atoms with Crippen LogP contribution in [0.3, 0.4) is 0 Å². The van der Waals surface area contributed by atoms with Crippen molar-refractivity contribution < 1.29 is 0 Å². The van der Waals surface area contributed by atoms with Crippen molar-refractivity contribution in [2.45, 2.75) is 37.0 Å². The highest BCUT2D eigenvalue weighted by Gasteiger charge is 2.13. The molecule has 0 aliphatic heterocycles. The molecule has 2 heteroatoms. The molecule has 0 aliphatic carbocycles. The number of rotatable bonds is 6. The topological polar surface area (TPSA) is 0 Å². The van der Waals surface area contributed by atoms with Crippen molar-refractivity contribution in [1.29, 1.82) is 0 Å². The number of hydrogen-bond donors (Lipinski definition) is 0. The van der Waals surface area contributed by atoms with Gasteiger partial charge in [0, 0.05) is 18.7 Å². The highest BCUT2D eigenvalue weighted by atomic mass is 32.2. The summed E-state index contributed by atoms with van der Waals surface area (Å²) in [7, 11) is -0.958. The highest BCUT2D eigenvalue weighted by molar-refractivity contribution is 7.99. The molecular formula is C14H22SSi. The van der Waals surface area contributed by atoms with Crippen molar-refractivity contribution in [3.8, 4) is 0 Å². The molecule has 0 spiro atoms. The predicted molar refractivity (Wildman–Crippen MR) is 79.1 cm³/mol. The second-order valence-corrected chi connectivity index (χ2v) is 12.0. The van der Waals surface area contributed by atoms with E-state index in [1.54, 1.807) is 0 Å². The second-order valence-electron chi connectivity index (χ2n) is 5.40. The Kier molecular flexibility index (Phi) is 5.36. The lowest BCUT2D eigenvalue weighted by atomic mass is 10.3. The molecular weight excluding hydrogens is 228 g/mol. The van der Waals surface area contributed by atoms with Crippen molar-refractivity contribution in [1.82, 2.24) is 0 Å². The molecule has 0 bridgehead atoms. The predicted octanol–water partition coefficient (Wildman–Crippen LogP) is 5.06. The van der Waals surface area contributed by atoms with Crippen LogP contribution in [-0.2, 0) is 0 Å². The molecule has 0 saturated carbocycles. The smallest absolute Gasteiger partial charge is 0.0483 e. The molecule has 0 saturated heterocycles. The molecule has 16 heavy (non-hydrogen) atoms. The molecule has 0 unspecified atom stereocenters. The summed E-state index contributed by atoms with van der Waals surface area (Å²) in [6, 6.07) is 11.9. The summed E-state index contributed by atoms with van der Waals surface area (Å²) in [5.41, 5.74) is 1.43. The standard InChI is InChI=1S/C14H22SSi/c1-13(12-16(2,3)4)10-11-15-14-8-6-5-7-9-14/h5-9H,1,10-12H2,2-4H3. The maximum Gasteiger partial charge on any atom is 0.0483 e. The molecule has 0 aromatic heterocycles. The Morgan fingerprint density at radius 2 is 1.81 bits per heavy atom. The molecule has 0 fully saturated rings. The maximum absolute atomic E-state index is 4.19. The lowest BCUT2D eigenvalue weighted by molar-refractivity contribution is 1.10. The highest BCUT2D eigenvalue weighted by Crippen LogP contribution is 2.23. The van der Waals surface area contributed by atoms with E-state index in [0.29, 0.717) is 0 Å². The third-order valence-electron chi connectivity index (χ3n) is 2.25. The minimum atomic E-state index is -0.958. The van der Waals surface area contributed by atoms with Crippen LogP contribution in [0.25, 0.3) is 0 Å². The summed E-state index contributed by atoms with van der Waals surface area (Å²) in [6.45, 7) is 11.4. The molecule has 0 aliphatic rings. The summed E-state index contributed by atoms with van der Waals surface area (Å²) < 4.78 is 0. The van der Waals surface area contributed by atoms with Gasteiger partial charge in [0.1, 0.15) is 0 Å². The monoisotopic (exact) mass is 250 g/mol. The SMILES string of the molecule is C=C(CCSc1ccccc1)C[Si](C)(C)C. The Morgan fingerprint density at radius 3 is 2.38 bits per heavy atom. The van der Waals surface area contributed by atoms with E-state index in [2.05, 4.69) is 56.6 Å². The molecule has 0 nitrogen and oxygen atoms in total. The van der Waals surface area contributed by atoms with E-state index in [9.17, 15) is 0 Å². The molecule has 0 N–H and O–H groups in total. The van der Waals surface area contributed by atoms with Crippen molar-refractivity contribution in [3.63, 3.8) is 0 Å². The number of hydrogen-bond acceptors (Lipinski definition) is 1. The minimum absolute atomic E-state index is 0.958. The van der Waals surface area contributed by atoms with Crippen molar-refractivity contribution in [2.75, 3.05) is 5.75 Å². The summed E-state index contributed by atoms with van der Waals surface area (Å²) in [5.74, 6) is 1.16. The van der Waals surface area contributed by atoms with Crippen LogP contribution in [0.2, 0.25) is 25.7 Å². The second kappa shape index (κ2) is 6.31. The van der Waals surface area contributed by atoms with Gasteiger partial charge in [0.05, 0.1) is 0 Å². The van der Waals surface area contributed by atoms with Gasteiger partial charge in [-0.05, 0) is 24.6 Å². The van der Waals surface area contributed by atoms with Crippen molar-refractivity contribution in [3.05, 3.63) is 42.5 Å². The summed E-state index contributed by atoms with van der Waals surface area (Å²) >= 11 is 1.93. The maximum atomic E-state index is 4.19. The molecule has 0 radical (unpaired) electrons. The van der Waals surface area contributed by atoms with E-state index in [0.717, 1.165) is 12.2 Å². The first kappa shape index (κ1) is 13.6. The number of benzene rings is 1. The Bertz CT molecular complexity index is 324. The fourth-order valence-corrected chi connectivity index (χ4v) is 4.32. The third kappa shape index (κ3) is 6.18. The first-order valence-corrected chi connectivity index (χ1v) is 10.5. The van der Waals surface area contributed by atoms with E-state index in [1.807, 2.05) is 11.8 Å². The molecule has 1 aromatic rings. The Balaban J connectivity index is 2.24. The molecule has 1 rings (SSSR count). The van der Waals surface area contributed by atoms with Gasteiger partial charge in [-0.15, -0.1) is 18.3 Å². The largest absolute Gasteiger partial charge is 0.126 e.